The molecule has 1 aliphatic rings. The Morgan fingerprint density at radius 1 is 1.53 bits per heavy atom. The molecule has 0 amide bonds. The largest absolute Gasteiger partial charge is 0.379 e. The third-order valence-corrected chi connectivity index (χ3v) is 4.47. The number of methoxy groups -OCH3 is 1. The van der Waals surface area contributed by atoms with Gasteiger partial charge in [0.2, 0.25) is 0 Å². The van der Waals surface area contributed by atoms with E-state index in [4.69, 9.17) is 16.3 Å². The van der Waals surface area contributed by atoms with E-state index in [-0.39, 0.29) is 6.10 Å². The van der Waals surface area contributed by atoms with Crippen molar-refractivity contribution in [1.82, 2.24) is 9.97 Å². The standard InChI is InChI=1S/C11H15BrClN3O/c1-7-3-4-16(5-8(7)17-2)11-9(12)10(13)14-6-15-11/h6-8H,3-5H2,1-2H3. The first kappa shape index (κ1) is 13.1. The lowest BCUT2D eigenvalue weighted by Gasteiger charge is -2.37. The molecule has 0 aliphatic carbocycles. The summed E-state index contributed by atoms with van der Waals surface area (Å²) in [5, 5.41) is 0.447. The lowest BCUT2D eigenvalue weighted by molar-refractivity contribution is 0.0496. The summed E-state index contributed by atoms with van der Waals surface area (Å²) in [7, 11) is 1.76. The molecule has 1 fully saturated rings. The number of hydrogen-bond donors (Lipinski definition) is 0. The van der Waals surface area contributed by atoms with Crippen LogP contribution < -0.4 is 4.90 Å². The number of hydrogen-bond acceptors (Lipinski definition) is 4. The van der Waals surface area contributed by atoms with Gasteiger partial charge in [0, 0.05) is 20.2 Å². The van der Waals surface area contributed by atoms with Crippen LogP contribution in [0, 0.1) is 5.92 Å². The Kier molecular flexibility index (Phi) is 4.22. The van der Waals surface area contributed by atoms with Crippen LogP contribution in [-0.4, -0.2) is 36.3 Å². The number of piperidine rings is 1. The Hall–Kier alpha value is -0.390. The fourth-order valence-electron chi connectivity index (χ4n) is 2.09. The lowest BCUT2D eigenvalue weighted by Crippen LogP contribution is -2.44. The van der Waals surface area contributed by atoms with Gasteiger partial charge in [0.15, 0.2) is 0 Å². The van der Waals surface area contributed by atoms with Crippen molar-refractivity contribution in [2.45, 2.75) is 19.4 Å². The second-order valence-electron chi connectivity index (χ2n) is 4.29. The zero-order valence-corrected chi connectivity index (χ0v) is 12.2. The van der Waals surface area contributed by atoms with Crippen LogP contribution in [0.4, 0.5) is 5.82 Å². The molecule has 1 saturated heterocycles. The molecule has 0 bridgehead atoms. The molecule has 17 heavy (non-hydrogen) atoms. The molecule has 94 valence electrons. The quantitative estimate of drug-likeness (QED) is 0.785. The molecule has 4 nitrogen and oxygen atoms in total. The van der Waals surface area contributed by atoms with E-state index >= 15 is 0 Å². The number of nitrogens with zero attached hydrogens (tertiary/aromatic N) is 3. The van der Waals surface area contributed by atoms with Gasteiger partial charge in [-0.05, 0) is 28.3 Å². The molecule has 0 spiro atoms. The molecular formula is C11H15BrClN3O. The van der Waals surface area contributed by atoms with Crippen molar-refractivity contribution in [2.24, 2.45) is 5.92 Å². The SMILES string of the molecule is COC1CN(c2ncnc(Cl)c2Br)CCC1C. The minimum atomic E-state index is 0.240. The van der Waals surface area contributed by atoms with Crippen LogP contribution in [0.5, 0.6) is 0 Å². The number of ether oxygens (including phenoxy) is 1. The molecule has 2 rings (SSSR count). The predicted molar refractivity (Wildman–Crippen MR) is 71.5 cm³/mol. The molecule has 2 unspecified atom stereocenters. The molecule has 2 heterocycles. The Balaban J connectivity index is 2.20. The van der Waals surface area contributed by atoms with Crippen LogP contribution in [0.25, 0.3) is 0 Å². The molecule has 1 aromatic rings. The van der Waals surface area contributed by atoms with Crippen LogP contribution in [0.1, 0.15) is 13.3 Å². The van der Waals surface area contributed by atoms with E-state index in [0.29, 0.717) is 11.1 Å². The van der Waals surface area contributed by atoms with Crippen molar-refractivity contribution in [3.8, 4) is 0 Å². The second-order valence-corrected chi connectivity index (χ2v) is 5.44. The molecule has 2 atom stereocenters. The van der Waals surface area contributed by atoms with Gasteiger partial charge >= 0.3 is 0 Å². The molecule has 1 aromatic heterocycles. The Morgan fingerprint density at radius 2 is 2.29 bits per heavy atom. The van der Waals surface area contributed by atoms with Crippen molar-refractivity contribution in [1.29, 1.82) is 0 Å². The number of rotatable bonds is 2. The van der Waals surface area contributed by atoms with Crippen LogP contribution in [0.2, 0.25) is 5.15 Å². The van der Waals surface area contributed by atoms with Gasteiger partial charge in [0.25, 0.3) is 0 Å². The summed E-state index contributed by atoms with van der Waals surface area (Å²) < 4.78 is 6.25. The molecule has 0 saturated carbocycles. The van der Waals surface area contributed by atoms with E-state index in [1.54, 1.807) is 7.11 Å². The van der Waals surface area contributed by atoms with Crippen molar-refractivity contribution in [3.05, 3.63) is 16.0 Å². The fraction of sp³-hybridized carbons (Fsp3) is 0.636. The average Bonchev–Trinajstić information content (AvgIpc) is 2.34. The van der Waals surface area contributed by atoms with Gasteiger partial charge < -0.3 is 9.64 Å². The minimum absolute atomic E-state index is 0.240. The Bertz CT molecular complexity index is 404. The molecule has 1 aliphatic heterocycles. The van der Waals surface area contributed by atoms with E-state index in [1.807, 2.05) is 0 Å². The summed E-state index contributed by atoms with van der Waals surface area (Å²) in [6.45, 7) is 4.02. The minimum Gasteiger partial charge on any atom is -0.379 e. The van der Waals surface area contributed by atoms with Crippen molar-refractivity contribution < 1.29 is 4.74 Å². The monoisotopic (exact) mass is 319 g/mol. The highest BCUT2D eigenvalue weighted by Crippen LogP contribution is 2.32. The highest BCUT2D eigenvalue weighted by molar-refractivity contribution is 9.10. The van der Waals surface area contributed by atoms with Gasteiger partial charge in [-0.2, -0.15) is 0 Å². The number of halogens is 2. The average molecular weight is 321 g/mol. The third-order valence-electron chi connectivity index (χ3n) is 3.22. The maximum atomic E-state index is 5.98. The highest BCUT2D eigenvalue weighted by atomic mass is 79.9. The van der Waals surface area contributed by atoms with Crippen LogP contribution in [0.3, 0.4) is 0 Å². The predicted octanol–water partition coefficient (Wildman–Crippen LogP) is 2.75. The summed E-state index contributed by atoms with van der Waals surface area (Å²) >= 11 is 9.41. The summed E-state index contributed by atoms with van der Waals surface area (Å²) in [6.07, 6.45) is 2.82. The van der Waals surface area contributed by atoms with E-state index in [9.17, 15) is 0 Å². The Morgan fingerprint density at radius 3 is 3.00 bits per heavy atom. The summed E-state index contributed by atoms with van der Waals surface area (Å²) in [4.78, 5) is 10.4. The fourth-order valence-corrected chi connectivity index (χ4v) is 2.68. The third kappa shape index (κ3) is 2.72. The first-order valence-electron chi connectivity index (χ1n) is 5.57. The topological polar surface area (TPSA) is 38.2 Å². The van der Waals surface area contributed by atoms with Gasteiger partial charge in [-0.3, -0.25) is 0 Å². The van der Waals surface area contributed by atoms with Gasteiger partial charge in [-0.1, -0.05) is 18.5 Å². The molecule has 0 radical (unpaired) electrons. The zero-order chi connectivity index (χ0) is 12.4. The van der Waals surface area contributed by atoms with E-state index in [0.717, 1.165) is 29.8 Å². The second kappa shape index (κ2) is 5.50. The van der Waals surface area contributed by atoms with Gasteiger partial charge in [0.1, 0.15) is 17.3 Å². The van der Waals surface area contributed by atoms with E-state index in [1.165, 1.54) is 6.33 Å². The summed E-state index contributed by atoms with van der Waals surface area (Å²) in [6, 6.07) is 0. The molecule has 6 heteroatoms. The van der Waals surface area contributed by atoms with Crippen LogP contribution in [0.15, 0.2) is 10.8 Å². The Labute approximate surface area is 114 Å². The van der Waals surface area contributed by atoms with Crippen molar-refractivity contribution in [2.75, 3.05) is 25.1 Å². The lowest BCUT2D eigenvalue weighted by atomic mass is 9.96. The van der Waals surface area contributed by atoms with Gasteiger partial charge in [0.05, 0.1) is 10.6 Å². The smallest absolute Gasteiger partial charge is 0.148 e. The highest BCUT2D eigenvalue weighted by Gasteiger charge is 2.28. The first-order valence-corrected chi connectivity index (χ1v) is 6.74. The maximum absolute atomic E-state index is 5.98. The molecule has 0 aromatic carbocycles. The van der Waals surface area contributed by atoms with Gasteiger partial charge in [-0.15, -0.1) is 0 Å². The van der Waals surface area contributed by atoms with E-state index < -0.39 is 0 Å². The molecular weight excluding hydrogens is 305 g/mol. The normalized spacial score (nSPS) is 25.1. The first-order chi connectivity index (χ1) is 8.13. The van der Waals surface area contributed by atoms with Gasteiger partial charge in [-0.25, -0.2) is 9.97 Å². The van der Waals surface area contributed by atoms with E-state index in [2.05, 4.69) is 37.7 Å². The number of aromatic nitrogens is 2. The van der Waals surface area contributed by atoms with Crippen LogP contribution in [-0.2, 0) is 4.74 Å². The summed E-state index contributed by atoms with van der Waals surface area (Å²) in [5.74, 6) is 1.42. The number of anilines is 1. The zero-order valence-electron chi connectivity index (χ0n) is 9.86. The summed E-state index contributed by atoms with van der Waals surface area (Å²) in [5.41, 5.74) is 0. The van der Waals surface area contributed by atoms with Crippen LogP contribution >= 0.6 is 27.5 Å². The van der Waals surface area contributed by atoms with Crippen molar-refractivity contribution in [3.63, 3.8) is 0 Å². The maximum Gasteiger partial charge on any atom is 0.148 e. The van der Waals surface area contributed by atoms with Crippen molar-refractivity contribution >= 4 is 33.3 Å². The molecule has 0 N–H and O–H groups in total.